The Balaban J connectivity index is 2.18. The molecule has 1 atom stereocenters. The minimum absolute atomic E-state index is 0.0196. The average molecular weight is 260 g/mol. The summed E-state index contributed by atoms with van der Waals surface area (Å²) in [6.07, 6.45) is 0.428. The van der Waals surface area contributed by atoms with Crippen molar-refractivity contribution in [3.63, 3.8) is 0 Å². The summed E-state index contributed by atoms with van der Waals surface area (Å²) in [5.74, 6) is 0.0280. The van der Waals surface area contributed by atoms with Gasteiger partial charge in [-0.1, -0.05) is 23.2 Å². The molecule has 1 aromatic carbocycles. The fourth-order valence-electron chi connectivity index (χ4n) is 1.64. The topological polar surface area (TPSA) is 67.2 Å². The molecule has 0 bridgehead atoms. The molecule has 1 fully saturated rings. The highest BCUT2D eigenvalue weighted by Crippen LogP contribution is 2.33. The molecule has 86 valence electrons. The number of nitrogen functional groups attached to an aromatic ring is 1. The van der Waals surface area contributed by atoms with Gasteiger partial charge < -0.3 is 16.4 Å². The van der Waals surface area contributed by atoms with Gasteiger partial charge in [-0.05, 0) is 12.1 Å². The van der Waals surface area contributed by atoms with E-state index in [1.807, 2.05) is 0 Å². The molecule has 1 saturated heterocycles. The van der Waals surface area contributed by atoms with E-state index in [1.54, 1.807) is 12.1 Å². The lowest BCUT2D eigenvalue weighted by molar-refractivity contribution is -0.119. The molecule has 4 N–H and O–H groups in total. The first-order valence-electron chi connectivity index (χ1n) is 4.84. The van der Waals surface area contributed by atoms with Crippen molar-refractivity contribution < 1.29 is 4.79 Å². The summed E-state index contributed by atoms with van der Waals surface area (Å²) in [5, 5.41) is 6.78. The summed E-state index contributed by atoms with van der Waals surface area (Å²) in [5.41, 5.74) is 6.73. The Hall–Kier alpha value is -1.13. The van der Waals surface area contributed by atoms with E-state index in [2.05, 4.69) is 10.6 Å². The van der Waals surface area contributed by atoms with Crippen LogP contribution in [0.25, 0.3) is 0 Å². The van der Waals surface area contributed by atoms with Crippen LogP contribution in [-0.4, -0.2) is 18.5 Å². The summed E-state index contributed by atoms with van der Waals surface area (Å²) in [6, 6.07) is 3.27. The van der Waals surface area contributed by atoms with Crippen molar-refractivity contribution in [1.29, 1.82) is 0 Å². The van der Waals surface area contributed by atoms with Gasteiger partial charge in [0.25, 0.3) is 0 Å². The van der Waals surface area contributed by atoms with Gasteiger partial charge >= 0.3 is 0 Å². The van der Waals surface area contributed by atoms with Crippen molar-refractivity contribution in [1.82, 2.24) is 5.32 Å². The molecule has 1 aliphatic heterocycles. The number of carbonyl (C=O) groups excluding carboxylic acids is 1. The lowest BCUT2D eigenvalue weighted by Crippen LogP contribution is -2.22. The van der Waals surface area contributed by atoms with Gasteiger partial charge in [0.2, 0.25) is 5.91 Å². The zero-order valence-electron chi connectivity index (χ0n) is 8.39. The quantitative estimate of drug-likeness (QED) is 0.711. The number of halogens is 2. The fraction of sp³-hybridized carbons (Fsp3) is 0.300. The highest BCUT2D eigenvalue weighted by atomic mass is 35.5. The van der Waals surface area contributed by atoms with Crippen LogP contribution >= 0.6 is 23.2 Å². The van der Waals surface area contributed by atoms with E-state index in [0.29, 0.717) is 34.4 Å². The molecule has 4 nitrogen and oxygen atoms in total. The van der Waals surface area contributed by atoms with Gasteiger partial charge in [0.05, 0.1) is 21.8 Å². The molecule has 1 aliphatic rings. The van der Waals surface area contributed by atoms with Crippen molar-refractivity contribution >= 4 is 40.5 Å². The molecule has 1 aromatic rings. The normalized spacial score (nSPS) is 19.6. The van der Waals surface area contributed by atoms with Crippen LogP contribution < -0.4 is 16.4 Å². The molecule has 0 aliphatic carbocycles. The maximum Gasteiger partial charge on any atom is 0.222 e. The van der Waals surface area contributed by atoms with Gasteiger partial charge in [-0.2, -0.15) is 0 Å². The second-order valence-corrected chi connectivity index (χ2v) is 4.52. The monoisotopic (exact) mass is 259 g/mol. The zero-order valence-corrected chi connectivity index (χ0v) is 9.90. The van der Waals surface area contributed by atoms with E-state index in [0.717, 1.165) is 0 Å². The second-order valence-electron chi connectivity index (χ2n) is 3.71. The van der Waals surface area contributed by atoms with Gasteiger partial charge in [-0.25, -0.2) is 0 Å². The number of hydrogen-bond acceptors (Lipinski definition) is 3. The molecule has 1 heterocycles. The van der Waals surface area contributed by atoms with E-state index in [9.17, 15) is 4.79 Å². The smallest absolute Gasteiger partial charge is 0.222 e. The molecule has 2 rings (SSSR count). The lowest BCUT2D eigenvalue weighted by Gasteiger charge is -2.15. The zero-order chi connectivity index (χ0) is 11.7. The van der Waals surface area contributed by atoms with Gasteiger partial charge in [-0.15, -0.1) is 0 Å². The summed E-state index contributed by atoms with van der Waals surface area (Å²) in [4.78, 5) is 11.0. The Morgan fingerprint density at radius 3 is 2.50 bits per heavy atom. The number of amides is 1. The number of hydrogen-bond donors (Lipinski definition) is 3. The average Bonchev–Trinajstić information content (AvgIpc) is 2.58. The van der Waals surface area contributed by atoms with Gasteiger partial charge in [-0.3, -0.25) is 4.79 Å². The summed E-state index contributed by atoms with van der Waals surface area (Å²) >= 11 is 12.0. The highest BCUT2D eigenvalue weighted by molar-refractivity contribution is 6.39. The number of nitrogens with one attached hydrogen (secondary N) is 2. The molecule has 0 aromatic heterocycles. The molecule has 0 spiro atoms. The first-order valence-corrected chi connectivity index (χ1v) is 5.59. The van der Waals surface area contributed by atoms with E-state index in [-0.39, 0.29) is 11.9 Å². The van der Waals surface area contributed by atoms with Crippen molar-refractivity contribution in [3.05, 3.63) is 22.2 Å². The summed E-state index contributed by atoms with van der Waals surface area (Å²) < 4.78 is 0. The maximum absolute atomic E-state index is 11.0. The van der Waals surface area contributed by atoms with Crippen LogP contribution in [0.2, 0.25) is 10.0 Å². The number of rotatable bonds is 2. The number of nitrogens with two attached hydrogens (primary N) is 1. The first-order chi connectivity index (χ1) is 7.56. The van der Waals surface area contributed by atoms with E-state index < -0.39 is 0 Å². The third-order valence-electron chi connectivity index (χ3n) is 2.39. The van der Waals surface area contributed by atoms with Crippen molar-refractivity contribution in [2.45, 2.75) is 12.5 Å². The predicted molar refractivity (Wildman–Crippen MR) is 65.9 cm³/mol. The maximum atomic E-state index is 11.0. The number of anilines is 2. The van der Waals surface area contributed by atoms with Gasteiger partial charge in [0, 0.05) is 18.7 Å². The van der Waals surface area contributed by atoms with E-state index >= 15 is 0 Å². The van der Waals surface area contributed by atoms with E-state index in [1.165, 1.54) is 0 Å². The Morgan fingerprint density at radius 1 is 1.38 bits per heavy atom. The molecule has 1 amide bonds. The van der Waals surface area contributed by atoms with Crippen LogP contribution in [0, 0.1) is 0 Å². The SMILES string of the molecule is Nc1cc(Cl)c(NC2CNC(=O)C2)c(Cl)c1. The molecule has 0 saturated carbocycles. The number of carbonyl (C=O) groups is 1. The Bertz CT molecular complexity index is 413. The first kappa shape index (κ1) is 11.4. The van der Waals surface area contributed by atoms with Crippen LogP contribution in [0.1, 0.15) is 6.42 Å². The molecule has 6 heteroatoms. The lowest BCUT2D eigenvalue weighted by atomic mass is 10.2. The molecule has 16 heavy (non-hydrogen) atoms. The van der Waals surface area contributed by atoms with E-state index in [4.69, 9.17) is 28.9 Å². The summed E-state index contributed by atoms with van der Waals surface area (Å²) in [7, 11) is 0. The van der Waals surface area contributed by atoms with Crippen molar-refractivity contribution in [2.24, 2.45) is 0 Å². The highest BCUT2D eigenvalue weighted by Gasteiger charge is 2.22. The van der Waals surface area contributed by atoms with Gasteiger partial charge in [0.15, 0.2) is 0 Å². The minimum Gasteiger partial charge on any atom is -0.399 e. The van der Waals surface area contributed by atoms with Crippen molar-refractivity contribution in [3.8, 4) is 0 Å². The third kappa shape index (κ3) is 2.33. The van der Waals surface area contributed by atoms with Crippen molar-refractivity contribution in [2.75, 3.05) is 17.6 Å². The Labute approximate surface area is 103 Å². The molecule has 0 radical (unpaired) electrons. The number of benzene rings is 1. The predicted octanol–water partition coefficient (Wildman–Crippen LogP) is 1.88. The Kier molecular flexibility index (Phi) is 3.12. The van der Waals surface area contributed by atoms with Crippen LogP contribution in [0.15, 0.2) is 12.1 Å². The molecule has 1 unspecified atom stereocenters. The van der Waals surface area contributed by atoms with Crippen LogP contribution in [0.3, 0.4) is 0 Å². The third-order valence-corrected chi connectivity index (χ3v) is 2.99. The second kappa shape index (κ2) is 4.39. The Morgan fingerprint density at radius 2 is 2.00 bits per heavy atom. The fourth-order valence-corrected chi connectivity index (χ4v) is 2.26. The molecular formula is C10H11Cl2N3O. The van der Waals surface area contributed by atoms with Gasteiger partial charge in [0.1, 0.15) is 0 Å². The van der Waals surface area contributed by atoms with Crippen LogP contribution in [0.5, 0.6) is 0 Å². The standard InChI is InChI=1S/C10H11Cl2N3O/c11-7-1-5(13)2-8(12)10(7)15-6-3-9(16)14-4-6/h1-2,6,15H,3-4,13H2,(H,14,16). The minimum atomic E-state index is 0.0196. The van der Waals surface area contributed by atoms with Crippen LogP contribution in [-0.2, 0) is 4.79 Å². The largest absolute Gasteiger partial charge is 0.399 e. The van der Waals surface area contributed by atoms with Crippen LogP contribution in [0.4, 0.5) is 11.4 Å². The summed E-state index contributed by atoms with van der Waals surface area (Å²) in [6.45, 7) is 0.579. The molecular weight excluding hydrogens is 249 g/mol.